The van der Waals surface area contributed by atoms with Gasteiger partial charge in [0.2, 0.25) is 5.91 Å². The van der Waals surface area contributed by atoms with Crippen LogP contribution in [-0.2, 0) is 4.79 Å². The molecule has 2 aliphatic rings. The molecule has 0 radical (unpaired) electrons. The van der Waals surface area contributed by atoms with E-state index < -0.39 is 0 Å². The van der Waals surface area contributed by atoms with Gasteiger partial charge in [-0.25, -0.2) is 0 Å². The highest BCUT2D eigenvalue weighted by Crippen LogP contribution is 2.25. The number of aliphatic hydroxyl groups is 1. The summed E-state index contributed by atoms with van der Waals surface area (Å²) >= 11 is 0. The number of nitrogens with zero attached hydrogens (tertiary/aromatic N) is 1. The summed E-state index contributed by atoms with van der Waals surface area (Å²) in [4.78, 5) is 14.2. The van der Waals surface area contributed by atoms with Crippen LogP contribution in [0.25, 0.3) is 0 Å². The lowest BCUT2D eigenvalue weighted by Crippen LogP contribution is -2.36. The first-order valence-electron chi connectivity index (χ1n) is 7.74. The topological polar surface area (TPSA) is 52.6 Å². The average molecular weight is 268 g/mol. The molecule has 0 aromatic carbocycles. The number of amides is 1. The third kappa shape index (κ3) is 3.93. The van der Waals surface area contributed by atoms with Crippen molar-refractivity contribution in [2.75, 3.05) is 26.2 Å². The van der Waals surface area contributed by atoms with E-state index in [0.29, 0.717) is 18.3 Å². The molecule has 0 aliphatic carbocycles. The van der Waals surface area contributed by atoms with Crippen LogP contribution in [0.2, 0.25) is 0 Å². The molecule has 2 aliphatic heterocycles. The van der Waals surface area contributed by atoms with E-state index in [9.17, 15) is 9.90 Å². The van der Waals surface area contributed by atoms with Crippen molar-refractivity contribution >= 4 is 5.91 Å². The Morgan fingerprint density at radius 3 is 2.74 bits per heavy atom. The predicted octanol–water partition coefficient (Wildman–Crippen LogP) is 1.24. The molecule has 2 N–H and O–H groups in total. The molecule has 2 fully saturated rings. The highest BCUT2D eigenvalue weighted by Gasteiger charge is 2.30. The van der Waals surface area contributed by atoms with Gasteiger partial charge < -0.3 is 15.3 Å². The van der Waals surface area contributed by atoms with Crippen LogP contribution in [0.3, 0.4) is 0 Å². The number of rotatable bonds is 4. The van der Waals surface area contributed by atoms with Crippen molar-refractivity contribution in [3.8, 4) is 0 Å². The molecular weight excluding hydrogens is 240 g/mol. The molecule has 110 valence electrons. The van der Waals surface area contributed by atoms with Crippen LogP contribution in [0.1, 0.15) is 39.5 Å². The monoisotopic (exact) mass is 268 g/mol. The lowest BCUT2D eigenvalue weighted by Gasteiger charge is -2.29. The zero-order valence-electron chi connectivity index (χ0n) is 12.3. The summed E-state index contributed by atoms with van der Waals surface area (Å²) in [5, 5.41) is 13.0. The summed E-state index contributed by atoms with van der Waals surface area (Å²) in [6, 6.07) is 0. The lowest BCUT2D eigenvalue weighted by atomic mass is 9.85. The lowest BCUT2D eigenvalue weighted by molar-refractivity contribution is -0.131. The molecule has 4 nitrogen and oxygen atoms in total. The fraction of sp³-hybridized carbons (Fsp3) is 0.933. The normalized spacial score (nSPS) is 31.2. The maximum atomic E-state index is 12.3. The van der Waals surface area contributed by atoms with Gasteiger partial charge in [-0.05, 0) is 51.1 Å². The van der Waals surface area contributed by atoms with Crippen molar-refractivity contribution in [1.29, 1.82) is 0 Å². The fourth-order valence-corrected chi connectivity index (χ4v) is 3.34. The van der Waals surface area contributed by atoms with E-state index in [2.05, 4.69) is 12.2 Å². The minimum atomic E-state index is -0.294. The number of piperidine rings is 1. The molecule has 1 amide bonds. The van der Waals surface area contributed by atoms with Gasteiger partial charge in [0.05, 0.1) is 6.10 Å². The van der Waals surface area contributed by atoms with Crippen molar-refractivity contribution in [3.63, 3.8) is 0 Å². The van der Waals surface area contributed by atoms with Crippen LogP contribution in [0.15, 0.2) is 0 Å². The largest absolute Gasteiger partial charge is 0.393 e. The quantitative estimate of drug-likeness (QED) is 0.806. The van der Waals surface area contributed by atoms with Gasteiger partial charge in [-0.3, -0.25) is 4.79 Å². The van der Waals surface area contributed by atoms with Gasteiger partial charge in [-0.15, -0.1) is 0 Å². The number of nitrogens with one attached hydrogen (secondary N) is 1. The number of hydrogen-bond acceptors (Lipinski definition) is 3. The Balaban J connectivity index is 1.77. The van der Waals surface area contributed by atoms with Crippen LogP contribution < -0.4 is 5.32 Å². The van der Waals surface area contributed by atoms with Gasteiger partial charge in [0.1, 0.15) is 0 Å². The van der Waals surface area contributed by atoms with Gasteiger partial charge in [0.25, 0.3) is 0 Å². The molecule has 0 bridgehead atoms. The second-order valence-corrected chi connectivity index (χ2v) is 6.42. The zero-order valence-corrected chi connectivity index (χ0v) is 12.3. The molecule has 4 unspecified atom stereocenters. The highest BCUT2D eigenvalue weighted by molar-refractivity contribution is 5.76. The first-order chi connectivity index (χ1) is 9.08. The van der Waals surface area contributed by atoms with Crippen molar-refractivity contribution in [3.05, 3.63) is 0 Å². The number of carbonyl (C=O) groups is 1. The summed E-state index contributed by atoms with van der Waals surface area (Å²) in [6.07, 6.45) is 3.80. The van der Waals surface area contributed by atoms with Crippen molar-refractivity contribution in [2.24, 2.45) is 17.8 Å². The zero-order chi connectivity index (χ0) is 13.8. The molecule has 0 saturated carbocycles. The molecule has 2 rings (SSSR count). The number of aliphatic hydroxyl groups excluding tert-OH is 1. The molecule has 19 heavy (non-hydrogen) atoms. The van der Waals surface area contributed by atoms with Crippen LogP contribution in [0.4, 0.5) is 0 Å². The molecule has 2 saturated heterocycles. The SMILES string of the molecule is CC(O)C1CCN(C(=O)CC(C)C2CCCNC2)C1. The molecule has 0 aromatic heterocycles. The van der Waals surface area contributed by atoms with E-state index in [1.807, 2.05) is 11.8 Å². The van der Waals surface area contributed by atoms with Crippen molar-refractivity contribution in [2.45, 2.75) is 45.6 Å². The van der Waals surface area contributed by atoms with E-state index in [1.165, 1.54) is 12.8 Å². The van der Waals surface area contributed by atoms with Crippen LogP contribution in [0.5, 0.6) is 0 Å². The fourth-order valence-electron chi connectivity index (χ4n) is 3.34. The van der Waals surface area contributed by atoms with Crippen LogP contribution in [0, 0.1) is 17.8 Å². The predicted molar refractivity (Wildman–Crippen MR) is 75.7 cm³/mol. The molecule has 4 atom stereocenters. The number of likely N-dealkylation sites (tertiary alicyclic amines) is 1. The standard InChI is InChI=1S/C15H28N2O2/c1-11(13-4-3-6-16-9-13)8-15(19)17-7-5-14(10-17)12(2)18/h11-14,16,18H,3-10H2,1-2H3. The molecule has 0 aromatic rings. The Hall–Kier alpha value is -0.610. The van der Waals surface area contributed by atoms with E-state index in [0.717, 1.165) is 32.6 Å². The smallest absolute Gasteiger partial charge is 0.222 e. The Bertz CT molecular complexity index is 301. The second-order valence-electron chi connectivity index (χ2n) is 6.42. The Morgan fingerprint density at radius 2 is 2.16 bits per heavy atom. The molecule has 4 heteroatoms. The summed E-state index contributed by atoms with van der Waals surface area (Å²) in [7, 11) is 0. The van der Waals surface area contributed by atoms with Gasteiger partial charge in [0, 0.05) is 25.4 Å². The maximum Gasteiger partial charge on any atom is 0.222 e. The van der Waals surface area contributed by atoms with E-state index in [1.54, 1.807) is 0 Å². The summed E-state index contributed by atoms with van der Waals surface area (Å²) in [5.41, 5.74) is 0. The van der Waals surface area contributed by atoms with E-state index >= 15 is 0 Å². The first kappa shape index (κ1) is 14.8. The minimum Gasteiger partial charge on any atom is -0.393 e. The molecule has 2 heterocycles. The van der Waals surface area contributed by atoms with Gasteiger partial charge in [0.15, 0.2) is 0 Å². The Labute approximate surface area is 116 Å². The maximum absolute atomic E-state index is 12.3. The average Bonchev–Trinajstić information content (AvgIpc) is 2.89. The van der Waals surface area contributed by atoms with Crippen molar-refractivity contribution in [1.82, 2.24) is 10.2 Å². The summed E-state index contributed by atoms with van der Waals surface area (Å²) < 4.78 is 0. The van der Waals surface area contributed by atoms with Gasteiger partial charge in [-0.1, -0.05) is 6.92 Å². The summed E-state index contributed by atoms with van der Waals surface area (Å²) in [5.74, 6) is 1.66. The number of hydrogen-bond donors (Lipinski definition) is 2. The third-order valence-corrected chi connectivity index (χ3v) is 4.90. The van der Waals surface area contributed by atoms with E-state index in [4.69, 9.17) is 0 Å². The Morgan fingerprint density at radius 1 is 1.37 bits per heavy atom. The van der Waals surface area contributed by atoms with Gasteiger partial charge in [-0.2, -0.15) is 0 Å². The Kier molecular flexibility index (Phi) is 5.22. The van der Waals surface area contributed by atoms with Gasteiger partial charge >= 0.3 is 0 Å². The first-order valence-corrected chi connectivity index (χ1v) is 7.74. The third-order valence-electron chi connectivity index (χ3n) is 4.90. The highest BCUT2D eigenvalue weighted by atomic mass is 16.3. The van der Waals surface area contributed by atoms with Crippen molar-refractivity contribution < 1.29 is 9.90 Å². The van der Waals surface area contributed by atoms with E-state index in [-0.39, 0.29) is 17.9 Å². The second kappa shape index (κ2) is 6.71. The number of carbonyl (C=O) groups excluding carboxylic acids is 1. The summed E-state index contributed by atoms with van der Waals surface area (Å²) in [6.45, 7) is 7.78. The van der Waals surface area contributed by atoms with Crippen LogP contribution >= 0.6 is 0 Å². The molecular formula is C15H28N2O2. The van der Waals surface area contributed by atoms with Crippen LogP contribution in [-0.4, -0.2) is 48.2 Å². The minimum absolute atomic E-state index is 0.274. The molecule has 0 spiro atoms.